The van der Waals surface area contributed by atoms with E-state index in [1.165, 1.54) is 36.9 Å². The summed E-state index contributed by atoms with van der Waals surface area (Å²) in [7, 11) is 0. The Hall–Kier alpha value is -2.12. The van der Waals surface area contributed by atoms with Crippen LogP contribution in [0.25, 0.3) is 31.3 Å². The van der Waals surface area contributed by atoms with Crippen LogP contribution in [-0.2, 0) is 5.41 Å². The van der Waals surface area contributed by atoms with Crippen molar-refractivity contribution in [1.82, 2.24) is 0 Å². The van der Waals surface area contributed by atoms with E-state index in [-0.39, 0.29) is 5.41 Å². The first-order valence-electron chi connectivity index (χ1n) is 8.04. The molecule has 114 valence electrons. The van der Waals surface area contributed by atoms with Gasteiger partial charge in [-0.05, 0) is 34.2 Å². The van der Waals surface area contributed by atoms with Crippen molar-refractivity contribution < 1.29 is 0 Å². The Labute approximate surface area is 141 Å². The Bertz CT molecular complexity index is 985. The Balaban J connectivity index is 1.91. The first kappa shape index (κ1) is 14.5. The van der Waals surface area contributed by atoms with E-state index in [1.807, 2.05) is 11.3 Å². The SMILES string of the molecule is CC(C)(C)c1ccc2c(c1)sc1cc(-c3ccccc3)ccc12. The highest BCUT2D eigenvalue weighted by atomic mass is 32.1. The highest BCUT2D eigenvalue weighted by Crippen LogP contribution is 2.38. The maximum absolute atomic E-state index is 2.36. The van der Waals surface area contributed by atoms with Gasteiger partial charge in [0.2, 0.25) is 0 Å². The predicted molar refractivity (Wildman–Crippen MR) is 103 cm³/mol. The summed E-state index contributed by atoms with van der Waals surface area (Å²) >= 11 is 1.90. The molecule has 1 heterocycles. The minimum Gasteiger partial charge on any atom is -0.135 e. The fourth-order valence-corrected chi connectivity index (χ4v) is 4.24. The maximum Gasteiger partial charge on any atom is 0.0361 e. The Morgan fingerprint density at radius 3 is 2.00 bits per heavy atom. The number of fused-ring (bicyclic) bond motifs is 3. The highest BCUT2D eigenvalue weighted by Gasteiger charge is 2.15. The molecule has 0 atom stereocenters. The lowest BCUT2D eigenvalue weighted by Gasteiger charge is -2.18. The molecule has 23 heavy (non-hydrogen) atoms. The van der Waals surface area contributed by atoms with Crippen LogP contribution < -0.4 is 0 Å². The van der Waals surface area contributed by atoms with Crippen LogP contribution >= 0.6 is 11.3 Å². The Kier molecular flexibility index (Phi) is 3.28. The van der Waals surface area contributed by atoms with Crippen molar-refractivity contribution in [2.45, 2.75) is 26.2 Å². The first-order chi connectivity index (χ1) is 11.0. The molecule has 0 amide bonds. The summed E-state index contributed by atoms with van der Waals surface area (Å²) in [6, 6.07) is 24.4. The second-order valence-corrected chi connectivity index (χ2v) is 8.22. The molecule has 0 nitrogen and oxygen atoms in total. The topological polar surface area (TPSA) is 0 Å². The van der Waals surface area contributed by atoms with Gasteiger partial charge in [-0.15, -0.1) is 11.3 Å². The molecule has 0 aliphatic rings. The van der Waals surface area contributed by atoms with Gasteiger partial charge in [0.1, 0.15) is 0 Å². The van der Waals surface area contributed by atoms with Crippen molar-refractivity contribution in [2.24, 2.45) is 0 Å². The molecule has 0 saturated heterocycles. The number of hydrogen-bond donors (Lipinski definition) is 0. The molecule has 0 fully saturated rings. The summed E-state index contributed by atoms with van der Waals surface area (Å²) in [6.45, 7) is 6.82. The van der Waals surface area contributed by atoms with Crippen LogP contribution in [0, 0.1) is 0 Å². The summed E-state index contributed by atoms with van der Waals surface area (Å²) in [5, 5.41) is 2.74. The van der Waals surface area contributed by atoms with E-state index in [0.717, 1.165) is 0 Å². The molecule has 0 unspecified atom stereocenters. The van der Waals surface area contributed by atoms with Crippen LogP contribution in [0.4, 0.5) is 0 Å². The number of thiophene rings is 1. The average Bonchev–Trinajstić information content (AvgIpc) is 2.91. The van der Waals surface area contributed by atoms with Gasteiger partial charge in [0.05, 0.1) is 0 Å². The highest BCUT2D eigenvalue weighted by molar-refractivity contribution is 7.25. The molecule has 0 saturated carbocycles. The normalized spacial score (nSPS) is 12.1. The summed E-state index contributed by atoms with van der Waals surface area (Å²) in [6.07, 6.45) is 0. The van der Waals surface area contributed by atoms with Crippen molar-refractivity contribution in [3.05, 3.63) is 72.3 Å². The van der Waals surface area contributed by atoms with Crippen molar-refractivity contribution >= 4 is 31.5 Å². The van der Waals surface area contributed by atoms with Gasteiger partial charge < -0.3 is 0 Å². The molecule has 0 spiro atoms. The molecule has 0 N–H and O–H groups in total. The van der Waals surface area contributed by atoms with Crippen LogP contribution in [-0.4, -0.2) is 0 Å². The molecule has 0 radical (unpaired) electrons. The fourth-order valence-electron chi connectivity index (χ4n) is 3.05. The van der Waals surface area contributed by atoms with Crippen molar-refractivity contribution in [3.63, 3.8) is 0 Å². The maximum atomic E-state index is 2.36. The van der Waals surface area contributed by atoms with Gasteiger partial charge in [-0.3, -0.25) is 0 Å². The number of hydrogen-bond acceptors (Lipinski definition) is 1. The average molecular weight is 316 g/mol. The predicted octanol–water partition coefficient (Wildman–Crippen LogP) is 7.02. The third-order valence-electron chi connectivity index (χ3n) is 4.45. The summed E-state index contributed by atoms with van der Waals surface area (Å²) in [4.78, 5) is 0. The molecule has 0 aliphatic carbocycles. The molecule has 4 rings (SSSR count). The third-order valence-corrected chi connectivity index (χ3v) is 5.56. The molecule has 1 aromatic heterocycles. The minimum atomic E-state index is 0.194. The summed E-state index contributed by atoms with van der Waals surface area (Å²) < 4.78 is 2.75. The van der Waals surface area contributed by atoms with Crippen LogP contribution in [0.2, 0.25) is 0 Å². The van der Waals surface area contributed by atoms with E-state index in [4.69, 9.17) is 0 Å². The summed E-state index contributed by atoms with van der Waals surface area (Å²) in [5.74, 6) is 0. The monoisotopic (exact) mass is 316 g/mol. The van der Waals surface area contributed by atoms with E-state index in [2.05, 4.69) is 87.5 Å². The van der Waals surface area contributed by atoms with Gasteiger partial charge in [-0.1, -0.05) is 75.4 Å². The lowest BCUT2D eigenvalue weighted by molar-refractivity contribution is 0.591. The van der Waals surface area contributed by atoms with Gasteiger partial charge in [0.15, 0.2) is 0 Å². The van der Waals surface area contributed by atoms with E-state index < -0.39 is 0 Å². The van der Waals surface area contributed by atoms with Gasteiger partial charge in [0.25, 0.3) is 0 Å². The van der Waals surface area contributed by atoms with Crippen molar-refractivity contribution in [3.8, 4) is 11.1 Å². The minimum absolute atomic E-state index is 0.194. The standard InChI is InChI=1S/C22H20S/c1-22(2,3)17-10-12-19-18-11-9-16(15-7-5-4-6-8-15)13-20(18)23-21(19)14-17/h4-14H,1-3H3. The lowest BCUT2D eigenvalue weighted by Crippen LogP contribution is -2.10. The first-order valence-corrected chi connectivity index (χ1v) is 8.86. The molecule has 3 aromatic carbocycles. The summed E-state index contributed by atoms with van der Waals surface area (Å²) in [5.41, 5.74) is 4.17. The van der Waals surface area contributed by atoms with Gasteiger partial charge in [-0.25, -0.2) is 0 Å². The quantitative estimate of drug-likeness (QED) is 0.354. The molecule has 1 heteroatoms. The number of rotatable bonds is 1. The smallest absolute Gasteiger partial charge is 0.0361 e. The van der Waals surface area contributed by atoms with E-state index in [9.17, 15) is 0 Å². The van der Waals surface area contributed by atoms with Crippen molar-refractivity contribution in [2.75, 3.05) is 0 Å². The Morgan fingerprint density at radius 1 is 0.652 bits per heavy atom. The van der Waals surface area contributed by atoms with Gasteiger partial charge in [0, 0.05) is 20.2 Å². The number of benzene rings is 3. The zero-order valence-corrected chi connectivity index (χ0v) is 14.6. The lowest BCUT2D eigenvalue weighted by atomic mass is 9.87. The second kappa shape index (κ2) is 5.21. The van der Waals surface area contributed by atoms with E-state index in [0.29, 0.717) is 0 Å². The van der Waals surface area contributed by atoms with Crippen LogP contribution in [0.3, 0.4) is 0 Å². The largest absolute Gasteiger partial charge is 0.135 e. The molecule has 0 aliphatic heterocycles. The zero-order chi connectivity index (χ0) is 16.0. The van der Waals surface area contributed by atoms with Crippen molar-refractivity contribution in [1.29, 1.82) is 0 Å². The van der Waals surface area contributed by atoms with Crippen LogP contribution in [0.5, 0.6) is 0 Å². The van der Waals surface area contributed by atoms with Gasteiger partial charge in [-0.2, -0.15) is 0 Å². The second-order valence-electron chi connectivity index (χ2n) is 7.14. The molecule has 0 bridgehead atoms. The molecular formula is C22H20S. The van der Waals surface area contributed by atoms with Crippen LogP contribution in [0.15, 0.2) is 66.7 Å². The van der Waals surface area contributed by atoms with Crippen LogP contribution in [0.1, 0.15) is 26.3 Å². The molecule has 4 aromatic rings. The Morgan fingerprint density at radius 2 is 1.30 bits per heavy atom. The van der Waals surface area contributed by atoms with E-state index in [1.54, 1.807) is 0 Å². The fraction of sp³-hybridized carbons (Fsp3) is 0.182. The zero-order valence-electron chi connectivity index (χ0n) is 13.8. The van der Waals surface area contributed by atoms with E-state index >= 15 is 0 Å². The van der Waals surface area contributed by atoms with Gasteiger partial charge >= 0.3 is 0 Å². The molecular weight excluding hydrogens is 296 g/mol. The third kappa shape index (κ3) is 2.55.